The van der Waals surface area contributed by atoms with Crippen LogP contribution in [0, 0.1) is 0 Å². The summed E-state index contributed by atoms with van der Waals surface area (Å²) in [6.45, 7) is 1.80. The van der Waals surface area contributed by atoms with Gasteiger partial charge in [-0.1, -0.05) is 6.92 Å². The molecular formula is C9H12N4O5. The van der Waals surface area contributed by atoms with E-state index < -0.39 is 30.3 Å². The summed E-state index contributed by atoms with van der Waals surface area (Å²) >= 11 is 0. The molecule has 0 aliphatic carbocycles. The lowest BCUT2D eigenvalue weighted by atomic mass is 10.2. The maximum absolute atomic E-state index is 11.6. The van der Waals surface area contributed by atoms with Crippen LogP contribution in [0.25, 0.3) is 0 Å². The number of H-pyrrole nitrogens is 1. The first kappa shape index (κ1) is 13.6. The summed E-state index contributed by atoms with van der Waals surface area (Å²) in [6.07, 6.45) is -0.177. The number of aliphatic carboxylic acids is 2. The van der Waals surface area contributed by atoms with Crippen LogP contribution in [0.5, 0.6) is 0 Å². The number of aromatic amines is 1. The Morgan fingerprint density at radius 2 is 2.06 bits per heavy atom. The fraction of sp³-hybridized carbons (Fsp3) is 0.444. The number of aryl methyl sites for hydroxylation is 1. The highest BCUT2D eigenvalue weighted by molar-refractivity contribution is 5.94. The summed E-state index contributed by atoms with van der Waals surface area (Å²) in [5.74, 6) is -3.34. The minimum atomic E-state index is -1.52. The van der Waals surface area contributed by atoms with Gasteiger partial charge in [0.15, 0.2) is 0 Å². The third-order valence-corrected chi connectivity index (χ3v) is 2.05. The Morgan fingerprint density at radius 1 is 1.39 bits per heavy atom. The summed E-state index contributed by atoms with van der Waals surface area (Å²) in [5, 5.41) is 25.4. The van der Waals surface area contributed by atoms with Gasteiger partial charge in [-0.15, -0.1) is 5.10 Å². The SMILES string of the molecule is CCc1nc(C(=O)NC(CC(=O)O)C(=O)O)n[nH]1. The molecule has 1 aromatic rings. The van der Waals surface area contributed by atoms with Crippen molar-refractivity contribution in [2.45, 2.75) is 25.8 Å². The van der Waals surface area contributed by atoms with Crippen molar-refractivity contribution in [3.63, 3.8) is 0 Å². The van der Waals surface area contributed by atoms with Gasteiger partial charge in [0.05, 0.1) is 6.42 Å². The van der Waals surface area contributed by atoms with Crippen molar-refractivity contribution < 1.29 is 24.6 Å². The van der Waals surface area contributed by atoms with E-state index in [-0.39, 0.29) is 5.82 Å². The second-order valence-electron chi connectivity index (χ2n) is 3.42. The largest absolute Gasteiger partial charge is 0.481 e. The molecule has 1 atom stereocenters. The number of nitrogens with one attached hydrogen (secondary N) is 2. The van der Waals surface area contributed by atoms with Crippen LogP contribution >= 0.6 is 0 Å². The van der Waals surface area contributed by atoms with Crippen molar-refractivity contribution in [1.29, 1.82) is 0 Å². The number of carboxylic acids is 2. The lowest BCUT2D eigenvalue weighted by Gasteiger charge is -2.10. The molecule has 0 saturated heterocycles. The van der Waals surface area contributed by atoms with Gasteiger partial charge in [-0.05, 0) is 0 Å². The smallest absolute Gasteiger partial charge is 0.326 e. The lowest BCUT2D eigenvalue weighted by molar-refractivity contribution is -0.145. The van der Waals surface area contributed by atoms with E-state index >= 15 is 0 Å². The Morgan fingerprint density at radius 3 is 2.50 bits per heavy atom. The minimum Gasteiger partial charge on any atom is -0.481 e. The van der Waals surface area contributed by atoms with Crippen molar-refractivity contribution in [3.05, 3.63) is 11.6 Å². The highest BCUT2D eigenvalue weighted by Crippen LogP contribution is 1.98. The second-order valence-corrected chi connectivity index (χ2v) is 3.42. The molecule has 9 heteroatoms. The van der Waals surface area contributed by atoms with Crippen LogP contribution in [-0.4, -0.2) is 49.3 Å². The van der Waals surface area contributed by atoms with E-state index in [1.165, 1.54) is 0 Å². The van der Waals surface area contributed by atoms with Crippen LogP contribution in [0.15, 0.2) is 0 Å². The van der Waals surface area contributed by atoms with Gasteiger partial charge in [0.25, 0.3) is 5.91 Å². The molecule has 98 valence electrons. The highest BCUT2D eigenvalue weighted by atomic mass is 16.4. The molecule has 1 heterocycles. The maximum atomic E-state index is 11.6. The molecule has 4 N–H and O–H groups in total. The maximum Gasteiger partial charge on any atom is 0.326 e. The van der Waals surface area contributed by atoms with E-state index in [2.05, 4.69) is 15.2 Å². The van der Waals surface area contributed by atoms with Gasteiger partial charge in [-0.2, -0.15) is 0 Å². The number of rotatable bonds is 6. The number of nitrogens with zero attached hydrogens (tertiary/aromatic N) is 2. The van der Waals surface area contributed by atoms with Gasteiger partial charge in [-0.25, -0.2) is 9.78 Å². The van der Waals surface area contributed by atoms with E-state index in [1.807, 2.05) is 5.32 Å². The van der Waals surface area contributed by atoms with Crippen molar-refractivity contribution in [3.8, 4) is 0 Å². The number of amides is 1. The number of hydrogen-bond donors (Lipinski definition) is 4. The van der Waals surface area contributed by atoms with Crippen LogP contribution in [0.3, 0.4) is 0 Å². The third kappa shape index (κ3) is 3.54. The molecule has 1 unspecified atom stereocenters. The van der Waals surface area contributed by atoms with Gasteiger partial charge >= 0.3 is 11.9 Å². The summed E-state index contributed by atoms with van der Waals surface area (Å²) in [4.78, 5) is 36.5. The molecule has 1 aromatic heterocycles. The lowest BCUT2D eigenvalue weighted by Crippen LogP contribution is -2.42. The van der Waals surface area contributed by atoms with Gasteiger partial charge in [-0.3, -0.25) is 14.7 Å². The van der Waals surface area contributed by atoms with E-state index in [0.717, 1.165) is 0 Å². The zero-order chi connectivity index (χ0) is 13.7. The average molecular weight is 256 g/mol. The second kappa shape index (κ2) is 5.75. The number of carboxylic acid groups (broad SMARTS) is 2. The number of aromatic nitrogens is 3. The monoisotopic (exact) mass is 256 g/mol. The van der Waals surface area contributed by atoms with Crippen LogP contribution in [-0.2, 0) is 16.0 Å². The van der Waals surface area contributed by atoms with Crippen LogP contribution in [0.2, 0.25) is 0 Å². The summed E-state index contributed by atoms with van der Waals surface area (Å²) in [7, 11) is 0. The normalized spacial score (nSPS) is 11.8. The molecular weight excluding hydrogens is 244 g/mol. The van der Waals surface area contributed by atoms with Crippen LogP contribution in [0.1, 0.15) is 29.8 Å². The molecule has 0 saturated carbocycles. The Bertz CT molecular complexity index is 469. The Kier molecular flexibility index (Phi) is 4.35. The molecule has 0 aliphatic rings. The van der Waals surface area contributed by atoms with Gasteiger partial charge in [0.2, 0.25) is 5.82 Å². The third-order valence-electron chi connectivity index (χ3n) is 2.05. The fourth-order valence-electron chi connectivity index (χ4n) is 1.15. The molecule has 9 nitrogen and oxygen atoms in total. The predicted octanol–water partition coefficient (Wildman–Crippen LogP) is -0.975. The Balaban J connectivity index is 2.71. The zero-order valence-corrected chi connectivity index (χ0v) is 9.51. The minimum absolute atomic E-state index is 0.219. The topological polar surface area (TPSA) is 145 Å². The molecule has 0 fully saturated rings. The Labute approximate surface area is 101 Å². The first-order valence-corrected chi connectivity index (χ1v) is 5.10. The molecule has 0 radical (unpaired) electrons. The highest BCUT2D eigenvalue weighted by Gasteiger charge is 2.25. The fourth-order valence-corrected chi connectivity index (χ4v) is 1.15. The Hall–Kier alpha value is -2.45. The van der Waals surface area contributed by atoms with Gasteiger partial charge in [0.1, 0.15) is 11.9 Å². The molecule has 18 heavy (non-hydrogen) atoms. The molecule has 0 spiro atoms. The van der Waals surface area contributed by atoms with Crippen molar-refractivity contribution >= 4 is 17.8 Å². The van der Waals surface area contributed by atoms with E-state index in [9.17, 15) is 14.4 Å². The molecule has 1 amide bonds. The molecule has 0 aromatic carbocycles. The van der Waals surface area contributed by atoms with E-state index in [0.29, 0.717) is 12.2 Å². The van der Waals surface area contributed by atoms with Crippen molar-refractivity contribution in [1.82, 2.24) is 20.5 Å². The standard InChI is InChI=1S/C9H12N4O5/c1-2-5-11-7(13-12-5)8(16)10-4(9(17)18)3-6(14)15/h4H,2-3H2,1H3,(H,10,16)(H,14,15)(H,17,18)(H,11,12,13). The molecule has 1 rings (SSSR count). The van der Waals surface area contributed by atoms with Crippen molar-refractivity contribution in [2.24, 2.45) is 0 Å². The van der Waals surface area contributed by atoms with Gasteiger partial charge in [0, 0.05) is 6.42 Å². The van der Waals surface area contributed by atoms with E-state index in [4.69, 9.17) is 10.2 Å². The average Bonchev–Trinajstić information content (AvgIpc) is 2.75. The van der Waals surface area contributed by atoms with Crippen LogP contribution < -0.4 is 5.32 Å². The summed E-state index contributed by atoms with van der Waals surface area (Å²) in [5.41, 5.74) is 0. The first-order valence-electron chi connectivity index (χ1n) is 5.10. The zero-order valence-electron chi connectivity index (χ0n) is 9.51. The number of carbonyl (C=O) groups excluding carboxylic acids is 1. The predicted molar refractivity (Wildman–Crippen MR) is 56.9 cm³/mol. The summed E-state index contributed by atoms with van der Waals surface area (Å²) in [6, 6.07) is -1.52. The molecule has 0 bridgehead atoms. The van der Waals surface area contributed by atoms with Crippen molar-refractivity contribution in [2.75, 3.05) is 0 Å². The molecule has 0 aliphatic heterocycles. The summed E-state index contributed by atoms with van der Waals surface area (Å²) < 4.78 is 0. The number of hydrogen-bond acceptors (Lipinski definition) is 5. The van der Waals surface area contributed by atoms with Gasteiger partial charge < -0.3 is 15.5 Å². The van der Waals surface area contributed by atoms with E-state index in [1.54, 1.807) is 6.92 Å². The van der Waals surface area contributed by atoms with Crippen LogP contribution in [0.4, 0.5) is 0 Å². The first-order chi connectivity index (χ1) is 8.43. The number of carbonyl (C=O) groups is 3. The quantitative estimate of drug-likeness (QED) is 0.512.